The molecule has 1 aliphatic rings. The highest BCUT2D eigenvalue weighted by molar-refractivity contribution is 5.79. The molecule has 76 valence electrons. The first-order valence-electron chi connectivity index (χ1n) is 5.05. The predicted molar refractivity (Wildman–Crippen MR) is 55.2 cm³/mol. The standard InChI is InChI=1S/C10H16N4/c1-13-8-12-6-9(13)7-14-5-3-2-4-10(14)11/h6,8,11H,2-5,7H2,1H3. The summed E-state index contributed by atoms with van der Waals surface area (Å²) >= 11 is 0. The van der Waals surface area contributed by atoms with E-state index in [4.69, 9.17) is 5.41 Å². The fourth-order valence-corrected chi connectivity index (χ4v) is 1.80. The summed E-state index contributed by atoms with van der Waals surface area (Å²) < 4.78 is 2.02. The van der Waals surface area contributed by atoms with Crippen molar-refractivity contribution in [3.05, 3.63) is 18.2 Å². The van der Waals surface area contributed by atoms with Gasteiger partial charge in [-0.15, -0.1) is 0 Å². The van der Waals surface area contributed by atoms with Crippen LogP contribution in [0.4, 0.5) is 0 Å². The number of piperidine rings is 1. The maximum atomic E-state index is 7.82. The number of amidine groups is 1. The number of hydrogen-bond donors (Lipinski definition) is 1. The van der Waals surface area contributed by atoms with E-state index in [9.17, 15) is 0 Å². The molecule has 1 aromatic rings. The Hall–Kier alpha value is -1.32. The highest BCUT2D eigenvalue weighted by atomic mass is 15.2. The monoisotopic (exact) mass is 192 g/mol. The van der Waals surface area contributed by atoms with Crippen LogP contribution in [0, 0.1) is 5.41 Å². The first kappa shape index (κ1) is 9.24. The first-order chi connectivity index (χ1) is 6.77. The summed E-state index contributed by atoms with van der Waals surface area (Å²) in [5.74, 6) is 0.775. The molecule has 4 nitrogen and oxygen atoms in total. The minimum atomic E-state index is 0.775. The molecular formula is C10H16N4. The SMILES string of the molecule is Cn1cncc1CN1CCCCC1=N. The topological polar surface area (TPSA) is 44.9 Å². The van der Waals surface area contributed by atoms with Crippen molar-refractivity contribution in [2.45, 2.75) is 25.8 Å². The summed E-state index contributed by atoms with van der Waals surface area (Å²) in [5.41, 5.74) is 1.18. The zero-order valence-corrected chi connectivity index (χ0v) is 8.53. The van der Waals surface area contributed by atoms with Gasteiger partial charge in [-0.05, 0) is 12.8 Å². The number of aromatic nitrogens is 2. The molecule has 0 atom stereocenters. The van der Waals surface area contributed by atoms with E-state index in [1.165, 1.54) is 18.5 Å². The lowest BCUT2D eigenvalue weighted by molar-refractivity contribution is 0.353. The zero-order valence-electron chi connectivity index (χ0n) is 8.53. The molecule has 0 amide bonds. The molecule has 14 heavy (non-hydrogen) atoms. The molecule has 0 spiro atoms. The minimum absolute atomic E-state index is 0.775. The van der Waals surface area contributed by atoms with Gasteiger partial charge < -0.3 is 9.47 Å². The van der Waals surface area contributed by atoms with Gasteiger partial charge in [0.2, 0.25) is 0 Å². The van der Waals surface area contributed by atoms with Crippen molar-refractivity contribution in [3.63, 3.8) is 0 Å². The van der Waals surface area contributed by atoms with Gasteiger partial charge in [0.05, 0.1) is 24.4 Å². The van der Waals surface area contributed by atoms with Gasteiger partial charge in [0.1, 0.15) is 0 Å². The van der Waals surface area contributed by atoms with Gasteiger partial charge in [0.25, 0.3) is 0 Å². The van der Waals surface area contributed by atoms with E-state index in [0.29, 0.717) is 0 Å². The Bertz CT molecular complexity index is 329. The summed E-state index contributed by atoms with van der Waals surface area (Å²) in [6.07, 6.45) is 6.99. The number of likely N-dealkylation sites (tertiary alicyclic amines) is 1. The first-order valence-corrected chi connectivity index (χ1v) is 5.05. The fourth-order valence-electron chi connectivity index (χ4n) is 1.80. The number of imidazole rings is 1. The number of nitrogens with one attached hydrogen (secondary N) is 1. The van der Waals surface area contributed by atoms with Crippen LogP contribution in [0.15, 0.2) is 12.5 Å². The second kappa shape index (κ2) is 3.82. The zero-order chi connectivity index (χ0) is 9.97. The number of aryl methyl sites for hydroxylation is 1. The molecular weight excluding hydrogens is 176 g/mol. The molecule has 1 fully saturated rings. The van der Waals surface area contributed by atoms with Gasteiger partial charge in [-0.25, -0.2) is 4.98 Å². The Kier molecular flexibility index (Phi) is 2.52. The summed E-state index contributed by atoms with van der Waals surface area (Å²) in [4.78, 5) is 6.22. The fraction of sp³-hybridized carbons (Fsp3) is 0.600. The normalized spacial score (nSPS) is 17.5. The average molecular weight is 192 g/mol. The Morgan fingerprint density at radius 3 is 3.00 bits per heavy atom. The van der Waals surface area contributed by atoms with Crippen molar-refractivity contribution in [1.82, 2.24) is 14.5 Å². The van der Waals surface area contributed by atoms with Crippen LogP contribution in [-0.2, 0) is 13.6 Å². The maximum absolute atomic E-state index is 7.82. The second-order valence-corrected chi connectivity index (χ2v) is 3.82. The molecule has 2 heterocycles. The van der Waals surface area contributed by atoms with Crippen LogP contribution in [0.2, 0.25) is 0 Å². The number of hydrogen-bond acceptors (Lipinski definition) is 2. The van der Waals surface area contributed by atoms with Crippen molar-refractivity contribution in [2.75, 3.05) is 6.54 Å². The van der Waals surface area contributed by atoms with Gasteiger partial charge in [0.15, 0.2) is 0 Å². The summed E-state index contributed by atoms with van der Waals surface area (Å²) in [6, 6.07) is 0. The predicted octanol–water partition coefficient (Wildman–Crippen LogP) is 1.38. The van der Waals surface area contributed by atoms with E-state index in [2.05, 4.69) is 9.88 Å². The van der Waals surface area contributed by atoms with E-state index < -0.39 is 0 Å². The van der Waals surface area contributed by atoms with Crippen molar-refractivity contribution < 1.29 is 0 Å². The molecule has 1 aliphatic heterocycles. The molecule has 0 aromatic carbocycles. The molecule has 1 N–H and O–H groups in total. The Morgan fingerprint density at radius 1 is 1.50 bits per heavy atom. The lowest BCUT2D eigenvalue weighted by Gasteiger charge is -2.29. The van der Waals surface area contributed by atoms with Crippen molar-refractivity contribution in [3.8, 4) is 0 Å². The molecule has 0 aliphatic carbocycles. The number of rotatable bonds is 2. The Labute approximate surface area is 84.1 Å². The van der Waals surface area contributed by atoms with Crippen LogP contribution in [-0.4, -0.2) is 26.8 Å². The van der Waals surface area contributed by atoms with Crippen LogP contribution in [0.3, 0.4) is 0 Å². The van der Waals surface area contributed by atoms with Crippen LogP contribution >= 0.6 is 0 Å². The third kappa shape index (κ3) is 1.78. The third-order valence-corrected chi connectivity index (χ3v) is 2.74. The van der Waals surface area contributed by atoms with E-state index in [1.807, 2.05) is 24.1 Å². The van der Waals surface area contributed by atoms with E-state index in [1.54, 1.807) is 0 Å². The van der Waals surface area contributed by atoms with Crippen molar-refractivity contribution in [1.29, 1.82) is 5.41 Å². The third-order valence-electron chi connectivity index (χ3n) is 2.74. The average Bonchev–Trinajstić information content (AvgIpc) is 2.56. The van der Waals surface area contributed by atoms with Gasteiger partial charge in [-0.3, -0.25) is 5.41 Å². The highest BCUT2D eigenvalue weighted by Crippen LogP contribution is 2.13. The highest BCUT2D eigenvalue weighted by Gasteiger charge is 2.15. The summed E-state index contributed by atoms with van der Waals surface area (Å²) in [6.45, 7) is 1.85. The van der Waals surface area contributed by atoms with Crippen LogP contribution in [0.1, 0.15) is 25.0 Å². The molecule has 1 aromatic heterocycles. The minimum Gasteiger partial charge on any atom is -0.355 e. The molecule has 2 rings (SSSR count). The second-order valence-electron chi connectivity index (χ2n) is 3.82. The summed E-state index contributed by atoms with van der Waals surface area (Å²) in [5, 5.41) is 7.82. The smallest absolute Gasteiger partial charge is 0.0961 e. The molecule has 4 heteroatoms. The van der Waals surface area contributed by atoms with Gasteiger partial charge in [-0.2, -0.15) is 0 Å². The van der Waals surface area contributed by atoms with Crippen molar-refractivity contribution in [2.24, 2.45) is 7.05 Å². The molecule has 0 unspecified atom stereocenters. The van der Waals surface area contributed by atoms with Gasteiger partial charge in [-0.1, -0.05) is 0 Å². The number of nitrogens with zero attached hydrogens (tertiary/aromatic N) is 3. The van der Waals surface area contributed by atoms with Crippen LogP contribution in [0.25, 0.3) is 0 Å². The van der Waals surface area contributed by atoms with E-state index in [-0.39, 0.29) is 0 Å². The lowest BCUT2D eigenvalue weighted by atomic mass is 10.1. The molecule has 1 saturated heterocycles. The largest absolute Gasteiger partial charge is 0.355 e. The molecule has 0 bridgehead atoms. The van der Waals surface area contributed by atoms with E-state index >= 15 is 0 Å². The van der Waals surface area contributed by atoms with Crippen LogP contribution in [0.5, 0.6) is 0 Å². The maximum Gasteiger partial charge on any atom is 0.0961 e. The summed E-state index contributed by atoms with van der Waals surface area (Å²) in [7, 11) is 2.00. The van der Waals surface area contributed by atoms with E-state index in [0.717, 1.165) is 25.3 Å². The van der Waals surface area contributed by atoms with Crippen molar-refractivity contribution >= 4 is 5.84 Å². The molecule has 0 saturated carbocycles. The van der Waals surface area contributed by atoms with Gasteiger partial charge >= 0.3 is 0 Å². The Balaban J connectivity index is 2.03. The quantitative estimate of drug-likeness (QED) is 0.769. The lowest BCUT2D eigenvalue weighted by Crippen LogP contribution is -2.34. The molecule has 0 radical (unpaired) electrons. The van der Waals surface area contributed by atoms with Gasteiger partial charge in [0, 0.05) is 26.2 Å². The van der Waals surface area contributed by atoms with Crippen LogP contribution < -0.4 is 0 Å². The Morgan fingerprint density at radius 2 is 2.36 bits per heavy atom.